The molecular weight excluding hydrogens is 520 g/mol. The first-order valence-electron chi connectivity index (χ1n) is 13.2. The summed E-state index contributed by atoms with van der Waals surface area (Å²) in [6, 6.07) is 14.1. The molecule has 0 aromatic heterocycles. The largest absolute Gasteiger partial charge is 0.465 e. The highest BCUT2D eigenvalue weighted by Gasteiger charge is 2.72. The number of nitrogens with zero attached hydrogens (tertiary/aromatic N) is 2. The SMILES string of the molecule is O=C1OCCC/C=C\[C@@H]2O[C@]34C=CCN(c5ccccc5Cl)C(=O)C3N([C@H](CO)c3ccccc3)C(=O)[C@@H]4[C@H]12. The van der Waals surface area contributed by atoms with Gasteiger partial charge >= 0.3 is 5.97 Å². The summed E-state index contributed by atoms with van der Waals surface area (Å²) in [6.45, 7) is 0.0199. The lowest BCUT2D eigenvalue weighted by Crippen LogP contribution is -2.56. The Balaban J connectivity index is 1.52. The molecule has 8 nitrogen and oxygen atoms in total. The highest BCUT2D eigenvalue weighted by molar-refractivity contribution is 6.34. The fourth-order valence-electron chi connectivity index (χ4n) is 6.45. The van der Waals surface area contributed by atoms with Crippen molar-refractivity contribution in [1.29, 1.82) is 0 Å². The van der Waals surface area contributed by atoms with Gasteiger partial charge in [0.1, 0.15) is 17.6 Å². The molecule has 9 heteroatoms. The molecule has 2 aromatic carbocycles. The molecule has 4 heterocycles. The van der Waals surface area contributed by atoms with Crippen molar-refractivity contribution in [2.45, 2.75) is 36.6 Å². The summed E-state index contributed by atoms with van der Waals surface area (Å²) in [5, 5.41) is 11.0. The molecule has 6 atom stereocenters. The molecule has 39 heavy (non-hydrogen) atoms. The zero-order chi connectivity index (χ0) is 27.1. The lowest BCUT2D eigenvalue weighted by atomic mass is 9.78. The number of aliphatic hydroxyl groups excluding tert-OH is 1. The lowest BCUT2D eigenvalue weighted by Gasteiger charge is -2.38. The lowest BCUT2D eigenvalue weighted by molar-refractivity contribution is -0.155. The van der Waals surface area contributed by atoms with Crippen LogP contribution in [0.25, 0.3) is 0 Å². The van der Waals surface area contributed by atoms with Crippen LogP contribution in [0.5, 0.6) is 0 Å². The maximum absolute atomic E-state index is 14.5. The number of allylic oxidation sites excluding steroid dienone is 1. The van der Waals surface area contributed by atoms with Gasteiger partial charge in [-0.25, -0.2) is 0 Å². The Bertz CT molecular complexity index is 1350. The van der Waals surface area contributed by atoms with Crippen LogP contribution in [0.1, 0.15) is 24.4 Å². The van der Waals surface area contributed by atoms with Gasteiger partial charge in [-0.05, 0) is 30.5 Å². The van der Waals surface area contributed by atoms with Crippen molar-refractivity contribution in [3.8, 4) is 0 Å². The Hall–Kier alpha value is -3.46. The van der Waals surface area contributed by atoms with Crippen LogP contribution in [-0.4, -0.2) is 65.3 Å². The number of anilines is 1. The topological polar surface area (TPSA) is 96.4 Å². The Labute approximate surface area is 231 Å². The number of halogens is 1. The van der Waals surface area contributed by atoms with Crippen LogP contribution in [0.2, 0.25) is 5.02 Å². The molecule has 2 aromatic rings. The van der Waals surface area contributed by atoms with Gasteiger partial charge in [0, 0.05) is 6.54 Å². The third-order valence-electron chi connectivity index (χ3n) is 8.13. The zero-order valence-electron chi connectivity index (χ0n) is 21.2. The van der Waals surface area contributed by atoms with Crippen molar-refractivity contribution in [1.82, 2.24) is 4.90 Å². The van der Waals surface area contributed by atoms with Crippen molar-refractivity contribution in [3.63, 3.8) is 0 Å². The molecule has 0 saturated carbocycles. The third-order valence-corrected chi connectivity index (χ3v) is 8.44. The van der Waals surface area contributed by atoms with E-state index in [-0.39, 0.29) is 13.2 Å². The minimum atomic E-state index is -1.44. The number of benzene rings is 2. The fourth-order valence-corrected chi connectivity index (χ4v) is 6.68. The van der Waals surface area contributed by atoms with E-state index in [4.69, 9.17) is 21.1 Å². The number of aliphatic hydroxyl groups is 1. The maximum Gasteiger partial charge on any atom is 0.312 e. The average Bonchev–Trinajstić information content (AvgIpc) is 3.35. The van der Waals surface area contributed by atoms with Gasteiger partial charge < -0.3 is 24.4 Å². The number of hydrogen-bond acceptors (Lipinski definition) is 6. The molecule has 2 saturated heterocycles. The van der Waals surface area contributed by atoms with Gasteiger partial charge in [0.05, 0.1) is 42.0 Å². The normalized spacial score (nSPS) is 31.8. The van der Waals surface area contributed by atoms with Crippen LogP contribution < -0.4 is 4.90 Å². The Kier molecular flexibility index (Phi) is 6.79. The molecule has 1 N–H and O–H groups in total. The van der Waals surface area contributed by atoms with Crippen molar-refractivity contribution in [3.05, 3.63) is 89.5 Å². The monoisotopic (exact) mass is 548 g/mol. The van der Waals surface area contributed by atoms with Crippen molar-refractivity contribution >= 4 is 35.1 Å². The molecule has 1 spiro atoms. The molecule has 0 bridgehead atoms. The van der Waals surface area contributed by atoms with E-state index < -0.39 is 60.0 Å². The van der Waals surface area contributed by atoms with Gasteiger partial charge in [-0.15, -0.1) is 0 Å². The van der Waals surface area contributed by atoms with Gasteiger partial charge in [-0.3, -0.25) is 14.4 Å². The molecule has 202 valence electrons. The standard InChI is InChI=1S/C30H29ClN2O6/c31-20-12-6-7-13-21(20)32-16-9-15-30-25(24-23(39-30)14-5-2-8-17-38-29(24)37)27(35)33(26(30)28(32)36)22(18-34)19-10-3-1-4-11-19/h1,3-7,9-15,22-26,34H,2,8,16-18H2/b14-5-/t22-,23+,24-,25+,26?,30+/m1/s1. The Morgan fingerprint density at radius 3 is 2.56 bits per heavy atom. The number of likely N-dealkylation sites (tertiary alicyclic amines) is 1. The van der Waals surface area contributed by atoms with Crippen LogP contribution in [0.15, 0.2) is 78.9 Å². The molecule has 2 amide bonds. The van der Waals surface area contributed by atoms with Gasteiger partial charge in [0.25, 0.3) is 5.91 Å². The first-order chi connectivity index (χ1) is 19.0. The summed E-state index contributed by atoms with van der Waals surface area (Å²) < 4.78 is 12.2. The van der Waals surface area contributed by atoms with E-state index in [0.29, 0.717) is 29.1 Å². The Morgan fingerprint density at radius 1 is 1.03 bits per heavy atom. The number of esters is 1. The van der Waals surface area contributed by atoms with E-state index in [1.807, 2.05) is 30.4 Å². The number of amides is 2. The van der Waals surface area contributed by atoms with E-state index in [0.717, 1.165) is 0 Å². The molecule has 4 aliphatic heterocycles. The number of carbonyl (C=O) groups excluding carboxylic acids is 3. The summed E-state index contributed by atoms with van der Waals surface area (Å²) in [5.41, 5.74) is -0.270. The molecular formula is C30H29ClN2O6. The molecule has 2 fully saturated rings. The van der Waals surface area contributed by atoms with E-state index >= 15 is 0 Å². The smallest absolute Gasteiger partial charge is 0.312 e. The van der Waals surface area contributed by atoms with Crippen LogP contribution in [-0.2, 0) is 23.9 Å². The van der Waals surface area contributed by atoms with E-state index in [1.54, 1.807) is 48.6 Å². The van der Waals surface area contributed by atoms with Crippen LogP contribution >= 0.6 is 11.6 Å². The van der Waals surface area contributed by atoms with Gasteiger partial charge in [-0.1, -0.05) is 78.4 Å². The number of hydrogen-bond donors (Lipinski definition) is 1. The summed E-state index contributed by atoms with van der Waals surface area (Å²) in [4.78, 5) is 45.3. The van der Waals surface area contributed by atoms with Gasteiger partial charge in [-0.2, -0.15) is 0 Å². The highest BCUT2D eigenvalue weighted by atomic mass is 35.5. The summed E-state index contributed by atoms with van der Waals surface area (Å²) in [5.74, 6) is -3.29. The van der Waals surface area contributed by atoms with E-state index in [9.17, 15) is 19.5 Å². The van der Waals surface area contributed by atoms with Crippen LogP contribution in [0.4, 0.5) is 5.69 Å². The molecule has 0 aliphatic carbocycles. The summed E-state index contributed by atoms with van der Waals surface area (Å²) in [7, 11) is 0. The first-order valence-corrected chi connectivity index (χ1v) is 13.6. The second-order valence-corrected chi connectivity index (χ2v) is 10.6. The predicted octanol–water partition coefficient (Wildman–Crippen LogP) is 3.45. The molecule has 0 radical (unpaired) electrons. The average molecular weight is 549 g/mol. The minimum Gasteiger partial charge on any atom is -0.465 e. The summed E-state index contributed by atoms with van der Waals surface area (Å²) in [6.07, 6.45) is 7.95. The third kappa shape index (κ3) is 4.09. The number of cyclic esters (lactones) is 1. The predicted molar refractivity (Wildman–Crippen MR) is 144 cm³/mol. The number of ether oxygens (including phenoxy) is 2. The van der Waals surface area contributed by atoms with Gasteiger partial charge in [0.2, 0.25) is 5.91 Å². The number of carbonyl (C=O) groups is 3. The van der Waals surface area contributed by atoms with Crippen molar-refractivity contribution in [2.24, 2.45) is 11.8 Å². The number of fused-ring (bicyclic) bond motifs is 2. The highest BCUT2D eigenvalue weighted by Crippen LogP contribution is 2.55. The molecule has 6 rings (SSSR count). The fraction of sp³-hybridized carbons (Fsp3) is 0.367. The maximum atomic E-state index is 14.5. The van der Waals surface area contributed by atoms with Gasteiger partial charge in [0.15, 0.2) is 0 Å². The minimum absolute atomic E-state index is 0.198. The van der Waals surface area contributed by atoms with E-state index in [1.165, 1.54) is 9.80 Å². The first kappa shape index (κ1) is 25.8. The van der Waals surface area contributed by atoms with Crippen molar-refractivity contribution in [2.75, 3.05) is 24.7 Å². The molecule has 1 unspecified atom stereocenters. The molecule has 4 aliphatic rings. The summed E-state index contributed by atoms with van der Waals surface area (Å²) >= 11 is 6.51. The second kappa shape index (κ2) is 10.3. The number of para-hydroxylation sites is 1. The van der Waals surface area contributed by atoms with E-state index in [2.05, 4.69) is 0 Å². The number of rotatable bonds is 4. The zero-order valence-corrected chi connectivity index (χ0v) is 21.9. The van der Waals surface area contributed by atoms with Crippen LogP contribution in [0, 0.1) is 11.8 Å². The quantitative estimate of drug-likeness (QED) is 0.464. The van der Waals surface area contributed by atoms with Crippen molar-refractivity contribution < 1.29 is 29.0 Å². The Morgan fingerprint density at radius 2 is 1.79 bits per heavy atom. The second-order valence-electron chi connectivity index (χ2n) is 10.2. The van der Waals surface area contributed by atoms with Crippen LogP contribution in [0.3, 0.4) is 0 Å².